The molecule has 0 aliphatic carbocycles. The van der Waals surface area contributed by atoms with Crippen LogP contribution in [0, 0.1) is 11.3 Å². The molecule has 0 unspecified atom stereocenters. The topological polar surface area (TPSA) is 96.5 Å². The number of carbonyl (C=O) groups is 4. The summed E-state index contributed by atoms with van der Waals surface area (Å²) in [6.45, 7) is 14.8. The highest BCUT2D eigenvalue weighted by Gasteiger charge is 2.44. The predicted octanol–water partition coefficient (Wildman–Crippen LogP) is 2.56. The van der Waals surface area contributed by atoms with Gasteiger partial charge < -0.3 is 20.0 Å². The van der Waals surface area contributed by atoms with Crippen LogP contribution in [0.25, 0.3) is 0 Å². The molecule has 4 aliphatic rings. The van der Waals surface area contributed by atoms with Crippen LogP contribution in [0.4, 0.5) is 0 Å². The zero-order chi connectivity index (χ0) is 31.5. The first-order valence-corrected chi connectivity index (χ1v) is 16.9. The Morgan fingerprint density at radius 2 is 1.40 bits per heavy atom. The van der Waals surface area contributed by atoms with Crippen molar-refractivity contribution in [2.75, 3.05) is 53.4 Å². The average molecular weight is 603 g/mol. The lowest BCUT2D eigenvalue weighted by atomic mass is 9.84. The number of likely N-dealkylation sites (N-methyl/N-ethyl adjacent to an activating group) is 2. The minimum atomic E-state index is -0.653. The van der Waals surface area contributed by atoms with E-state index in [0.29, 0.717) is 13.1 Å². The van der Waals surface area contributed by atoms with E-state index < -0.39 is 11.5 Å². The van der Waals surface area contributed by atoms with Crippen LogP contribution < -0.4 is 5.32 Å². The highest BCUT2D eigenvalue weighted by atomic mass is 16.2. The second-order valence-corrected chi connectivity index (χ2v) is 14.9. The largest absolute Gasteiger partial charge is 0.342 e. The van der Waals surface area contributed by atoms with Crippen molar-refractivity contribution < 1.29 is 19.2 Å². The van der Waals surface area contributed by atoms with Crippen molar-refractivity contribution in [2.45, 2.75) is 123 Å². The molecule has 4 aliphatic heterocycles. The second-order valence-electron chi connectivity index (χ2n) is 14.9. The molecule has 0 aromatic carbocycles. The average Bonchev–Trinajstić information content (AvgIpc) is 3.75. The third-order valence-corrected chi connectivity index (χ3v) is 10.4. The molecule has 4 saturated heterocycles. The van der Waals surface area contributed by atoms with E-state index in [0.717, 1.165) is 84.0 Å². The molecule has 5 atom stereocenters. The number of likely N-dealkylation sites (tertiary alicyclic amines) is 4. The Bertz CT molecular complexity index is 1010. The Hall–Kier alpha value is -2.20. The highest BCUT2D eigenvalue weighted by Crippen LogP contribution is 2.29. The van der Waals surface area contributed by atoms with Gasteiger partial charge in [0.05, 0.1) is 12.1 Å². The summed E-state index contributed by atoms with van der Waals surface area (Å²) in [4.78, 5) is 64.7. The van der Waals surface area contributed by atoms with E-state index in [-0.39, 0.29) is 53.7 Å². The fourth-order valence-corrected chi connectivity index (χ4v) is 7.63. The zero-order valence-electron chi connectivity index (χ0n) is 27.9. The fourth-order valence-electron chi connectivity index (χ4n) is 7.63. The Morgan fingerprint density at radius 3 is 2.02 bits per heavy atom. The third-order valence-electron chi connectivity index (χ3n) is 10.4. The second kappa shape index (κ2) is 14.3. The molecule has 0 aromatic rings. The van der Waals surface area contributed by atoms with Crippen molar-refractivity contribution >= 4 is 23.6 Å². The first kappa shape index (κ1) is 33.7. The first-order valence-electron chi connectivity index (χ1n) is 16.9. The molecule has 43 heavy (non-hydrogen) atoms. The van der Waals surface area contributed by atoms with Crippen LogP contribution >= 0.6 is 0 Å². The maximum absolute atomic E-state index is 14.1. The van der Waals surface area contributed by atoms with Crippen LogP contribution in [0.3, 0.4) is 0 Å². The molecule has 0 saturated carbocycles. The molecule has 0 aromatic heterocycles. The molecule has 244 valence electrons. The van der Waals surface area contributed by atoms with Gasteiger partial charge in [0, 0.05) is 39.3 Å². The van der Waals surface area contributed by atoms with E-state index >= 15 is 0 Å². The summed E-state index contributed by atoms with van der Waals surface area (Å²) in [5.74, 6) is 0.186. The molecule has 4 fully saturated rings. The summed E-state index contributed by atoms with van der Waals surface area (Å²) in [5.41, 5.74) is -0.464. The van der Waals surface area contributed by atoms with Gasteiger partial charge in [-0.05, 0) is 82.8 Å². The SMILES string of the molecule is CC(C)[C@@H](CN1CCC[C@H]1C(=O)N1CCC[C@H]1C(=O)N1CCCC1)N(C)C(=O)[C@@H](NC(=O)[C@H]1CCCCN1C)C(C)(C)C. The maximum atomic E-state index is 14.1. The molecular weight excluding hydrogens is 544 g/mol. The van der Waals surface area contributed by atoms with E-state index in [4.69, 9.17) is 0 Å². The smallest absolute Gasteiger partial charge is 0.245 e. The standard InChI is InChI=1S/C33H58N6O4/c1-23(2)27(36(7)32(43)28(33(3,4)5)34-29(40)24-14-8-9-17-35(24)6)22-38-20-12-15-25(38)31(42)39-21-13-16-26(39)30(41)37-18-10-11-19-37/h23-28H,8-22H2,1-7H3,(H,34,40)/t24-,25+,26+,27-,28-/m1/s1. The molecule has 0 bridgehead atoms. The predicted molar refractivity (Wildman–Crippen MR) is 168 cm³/mol. The van der Waals surface area contributed by atoms with Crippen molar-refractivity contribution in [3.63, 3.8) is 0 Å². The summed E-state index contributed by atoms with van der Waals surface area (Å²) >= 11 is 0. The van der Waals surface area contributed by atoms with Crippen LogP contribution in [0.2, 0.25) is 0 Å². The lowest BCUT2D eigenvalue weighted by molar-refractivity contribution is -0.146. The van der Waals surface area contributed by atoms with Crippen molar-refractivity contribution in [3.05, 3.63) is 0 Å². The van der Waals surface area contributed by atoms with Gasteiger partial charge in [-0.2, -0.15) is 0 Å². The van der Waals surface area contributed by atoms with Crippen LogP contribution in [0.1, 0.15) is 92.4 Å². The summed E-state index contributed by atoms with van der Waals surface area (Å²) in [6.07, 6.45) is 8.32. The van der Waals surface area contributed by atoms with Gasteiger partial charge in [0.15, 0.2) is 0 Å². The van der Waals surface area contributed by atoms with Gasteiger partial charge in [-0.3, -0.25) is 29.0 Å². The van der Waals surface area contributed by atoms with Crippen molar-refractivity contribution in [1.29, 1.82) is 0 Å². The van der Waals surface area contributed by atoms with E-state index in [1.807, 2.05) is 49.6 Å². The quantitative estimate of drug-likeness (QED) is 0.436. The molecular formula is C33H58N6O4. The first-order chi connectivity index (χ1) is 20.3. The van der Waals surface area contributed by atoms with Crippen LogP contribution in [-0.2, 0) is 19.2 Å². The molecule has 1 N–H and O–H groups in total. The monoisotopic (exact) mass is 602 g/mol. The Morgan fingerprint density at radius 1 is 0.791 bits per heavy atom. The van der Waals surface area contributed by atoms with Crippen LogP contribution in [0.5, 0.6) is 0 Å². The Balaban J connectivity index is 1.45. The van der Waals surface area contributed by atoms with Crippen LogP contribution in [-0.4, -0.2) is 132 Å². The molecule has 0 radical (unpaired) electrons. The van der Waals surface area contributed by atoms with Gasteiger partial charge in [0.25, 0.3) is 0 Å². The van der Waals surface area contributed by atoms with E-state index in [1.165, 1.54) is 0 Å². The summed E-state index contributed by atoms with van der Waals surface area (Å²) in [5, 5.41) is 3.15. The summed E-state index contributed by atoms with van der Waals surface area (Å²) in [7, 11) is 3.83. The number of amides is 4. The Kier molecular flexibility index (Phi) is 11.2. The van der Waals surface area contributed by atoms with Gasteiger partial charge >= 0.3 is 0 Å². The zero-order valence-corrected chi connectivity index (χ0v) is 27.9. The number of nitrogens with zero attached hydrogens (tertiary/aromatic N) is 5. The highest BCUT2D eigenvalue weighted by molar-refractivity contribution is 5.91. The lowest BCUT2D eigenvalue weighted by Gasteiger charge is -2.41. The normalized spacial score (nSPS) is 27.0. The minimum absolute atomic E-state index is 0.0699. The van der Waals surface area contributed by atoms with E-state index in [9.17, 15) is 19.2 Å². The molecule has 4 amide bonds. The number of carbonyl (C=O) groups excluding carboxylic acids is 4. The van der Waals surface area contributed by atoms with Gasteiger partial charge in [0.1, 0.15) is 12.1 Å². The molecule has 0 spiro atoms. The number of piperidine rings is 1. The molecule has 10 heteroatoms. The Labute approximate surface area is 259 Å². The number of nitrogens with one attached hydrogen (secondary N) is 1. The molecule has 4 heterocycles. The van der Waals surface area contributed by atoms with Crippen molar-refractivity contribution in [1.82, 2.24) is 29.8 Å². The van der Waals surface area contributed by atoms with E-state index in [1.54, 1.807) is 0 Å². The minimum Gasteiger partial charge on any atom is -0.342 e. The number of hydrogen-bond donors (Lipinski definition) is 1. The van der Waals surface area contributed by atoms with Gasteiger partial charge in [-0.1, -0.05) is 41.0 Å². The van der Waals surface area contributed by atoms with E-state index in [2.05, 4.69) is 29.0 Å². The maximum Gasteiger partial charge on any atom is 0.245 e. The van der Waals surface area contributed by atoms with Crippen molar-refractivity contribution in [3.8, 4) is 0 Å². The summed E-state index contributed by atoms with van der Waals surface area (Å²) < 4.78 is 0. The number of rotatable bonds is 9. The van der Waals surface area contributed by atoms with Crippen LogP contribution in [0.15, 0.2) is 0 Å². The molecule has 10 nitrogen and oxygen atoms in total. The van der Waals surface area contributed by atoms with Gasteiger partial charge in [-0.25, -0.2) is 0 Å². The third kappa shape index (κ3) is 7.72. The van der Waals surface area contributed by atoms with Gasteiger partial charge in [0.2, 0.25) is 23.6 Å². The lowest BCUT2D eigenvalue weighted by Crippen LogP contribution is -2.61. The van der Waals surface area contributed by atoms with Gasteiger partial charge in [-0.15, -0.1) is 0 Å². The molecule has 4 rings (SSSR count). The fraction of sp³-hybridized carbons (Fsp3) is 0.879. The van der Waals surface area contributed by atoms with Crippen molar-refractivity contribution in [2.24, 2.45) is 11.3 Å². The summed E-state index contributed by atoms with van der Waals surface area (Å²) in [6, 6.07) is -1.59. The number of hydrogen-bond acceptors (Lipinski definition) is 6.